The van der Waals surface area contributed by atoms with Crippen LogP contribution >= 0.6 is 19.4 Å². The number of hydrogen-bond acceptors (Lipinski definition) is 13. The molecule has 0 radical (unpaired) electrons. The van der Waals surface area contributed by atoms with Gasteiger partial charge in [-0.05, 0) is 48.4 Å². The summed E-state index contributed by atoms with van der Waals surface area (Å²) in [4.78, 5) is 100.0. The molecule has 1 fully saturated rings. The largest absolute Gasteiger partial charge is 0.481 e. The number of carbonyl (C=O) groups excluding carboxylic acids is 3. The van der Waals surface area contributed by atoms with E-state index in [9.17, 15) is 48.7 Å². The van der Waals surface area contributed by atoms with Crippen molar-refractivity contribution < 1.29 is 63.5 Å². The average Bonchev–Trinajstić information content (AvgIpc) is 3.31. The molecule has 2 heterocycles. The number of ether oxygens (including phenoxy) is 1. The number of nitrogens with zero attached hydrogens (tertiary/aromatic N) is 2. The number of aromatic nitrogens is 2. The van der Waals surface area contributed by atoms with Gasteiger partial charge in [0.1, 0.15) is 24.4 Å². The number of thioether (sulfide) groups is 1. The maximum atomic E-state index is 13.6. The lowest BCUT2D eigenvalue weighted by Crippen LogP contribution is -2.44. The summed E-state index contributed by atoms with van der Waals surface area (Å²) in [6.45, 7) is -0.103. The van der Waals surface area contributed by atoms with Crippen LogP contribution in [0.5, 0.6) is 0 Å². The van der Waals surface area contributed by atoms with E-state index in [1.165, 1.54) is 41.3 Å². The van der Waals surface area contributed by atoms with Crippen molar-refractivity contribution in [3.8, 4) is 0 Å². The number of hydrogen-bond donors (Lipinski definition) is 10. The van der Waals surface area contributed by atoms with Gasteiger partial charge >= 0.3 is 19.5 Å². The summed E-state index contributed by atoms with van der Waals surface area (Å²) in [5.41, 5.74) is 6.18. The zero-order valence-corrected chi connectivity index (χ0v) is 28.7. The van der Waals surface area contributed by atoms with Crippen molar-refractivity contribution in [2.24, 2.45) is 0 Å². The second-order valence-corrected chi connectivity index (χ2v) is 14.3. The zero-order valence-electron chi connectivity index (χ0n) is 26.9. The number of aliphatic hydroxyl groups excluding tert-OH is 2. The number of nitrogen functional groups attached to an aromatic ring is 1. The lowest BCUT2D eigenvalue weighted by Gasteiger charge is -2.24. The SMILES string of the molecule is Nc1nc2ccc(CN(C(=O)CSCC(=O)N[C@@H]3OC(CP(=O)(O)O)C(O)C3O)c3ccc(C(=O)N[C@@H](CCC(=O)O)C(=O)O)cc3)cc2c(=O)[nH]1. The van der Waals surface area contributed by atoms with Gasteiger partial charge in [0.15, 0.2) is 6.23 Å². The van der Waals surface area contributed by atoms with E-state index >= 15 is 0 Å². The van der Waals surface area contributed by atoms with Gasteiger partial charge < -0.3 is 56.2 Å². The van der Waals surface area contributed by atoms with E-state index in [1.54, 1.807) is 6.07 Å². The molecule has 2 aromatic carbocycles. The Morgan fingerprint density at radius 1 is 1.04 bits per heavy atom. The summed E-state index contributed by atoms with van der Waals surface area (Å²) < 4.78 is 16.5. The molecule has 20 nitrogen and oxygen atoms in total. The Morgan fingerprint density at radius 2 is 1.73 bits per heavy atom. The number of benzene rings is 2. The third-order valence-electron chi connectivity index (χ3n) is 7.66. The fourth-order valence-electron chi connectivity index (χ4n) is 5.13. The molecule has 22 heteroatoms. The predicted octanol–water partition coefficient (Wildman–Crippen LogP) is -1.44. The van der Waals surface area contributed by atoms with Gasteiger partial charge in [0.05, 0.1) is 35.1 Å². The summed E-state index contributed by atoms with van der Waals surface area (Å²) in [6, 6.07) is 8.65. The molecule has 1 aliphatic rings. The van der Waals surface area contributed by atoms with E-state index in [1.807, 2.05) is 0 Å². The first-order valence-corrected chi connectivity index (χ1v) is 18.2. The van der Waals surface area contributed by atoms with Gasteiger partial charge in [-0.1, -0.05) is 6.07 Å². The highest BCUT2D eigenvalue weighted by Gasteiger charge is 2.45. The summed E-state index contributed by atoms with van der Waals surface area (Å²) in [7, 11) is -4.61. The molecule has 0 spiro atoms. The van der Waals surface area contributed by atoms with Crippen LogP contribution in [0.15, 0.2) is 47.3 Å². The number of fused-ring (bicyclic) bond motifs is 1. The second kappa shape index (κ2) is 17.1. The van der Waals surface area contributed by atoms with Crippen LogP contribution in [-0.2, 0) is 35.0 Å². The molecule has 1 saturated heterocycles. The van der Waals surface area contributed by atoms with Crippen LogP contribution in [0, 0.1) is 0 Å². The van der Waals surface area contributed by atoms with Gasteiger partial charge in [-0.15, -0.1) is 11.8 Å². The van der Waals surface area contributed by atoms with Crippen molar-refractivity contribution >= 4 is 71.6 Å². The highest BCUT2D eigenvalue weighted by molar-refractivity contribution is 8.00. The predicted molar refractivity (Wildman–Crippen MR) is 183 cm³/mol. The third-order valence-corrected chi connectivity index (χ3v) is 9.42. The average molecular weight is 767 g/mol. The Labute approximate surface area is 297 Å². The summed E-state index contributed by atoms with van der Waals surface area (Å²) in [5, 5.41) is 43.2. The van der Waals surface area contributed by atoms with Gasteiger partial charge in [-0.3, -0.25) is 33.5 Å². The van der Waals surface area contributed by atoms with Gasteiger partial charge in [-0.2, -0.15) is 0 Å². The van der Waals surface area contributed by atoms with Crippen LogP contribution in [0.3, 0.4) is 0 Å². The van der Waals surface area contributed by atoms with Crippen LogP contribution in [0.25, 0.3) is 10.9 Å². The molecule has 3 aromatic rings. The molecule has 5 atom stereocenters. The third kappa shape index (κ3) is 10.8. The number of H-pyrrole nitrogens is 1. The first-order valence-electron chi connectivity index (χ1n) is 15.3. The molecule has 11 N–H and O–H groups in total. The smallest absolute Gasteiger partial charge is 0.328 e. The highest BCUT2D eigenvalue weighted by Crippen LogP contribution is 2.38. The molecule has 52 heavy (non-hydrogen) atoms. The van der Waals surface area contributed by atoms with Crippen LogP contribution < -0.4 is 26.8 Å². The lowest BCUT2D eigenvalue weighted by atomic mass is 10.1. The molecule has 0 saturated carbocycles. The Kier molecular flexibility index (Phi) is 13.1. The monoisotopic (exact) mass is 766 g/mol. The highest BCUT2D eigenvalue weighted by atomic mass is 32.2. The van der Waals surface area contributed by atoms with Crippen molar-refractivity contribution in [1.82, 2.24) is 20.6 Å². The maximum absolute atomic E-state index is 13.6. The molecule has 280 valence electrons. The number of aliphatic hydroxyl groups is 2. The number of carbonyl (C=O) groups is 5. The molecule has 0 aliphatic carbocycles. The molecule has 3 unspecified atom stereocenters. The van der Waals surface area contributed by atoms with Gasteiger partial charge in [0.2, 0.25) is 17.8 Å². The van der Waals surface area contributed by atoms with Gasteiger partial charge in [-0.25, -0.2) is 9.78 Å². The quantitative estimate of drug-likeness (QED) is 0.0746. The van der Waals surface area contributed by atoms with E-state index in [4.69, 9.17) is 25.4 Å². The van der Waals surface area contributed by atoms with Gasteiger partial charge in [0, 0.05) is 17.7 Å². The minimum absolute atomic E-state index is 0.00847. The molecule has 4 rings (SSSR count). The normalized spacial score (nSPS) is 19.2. The molecule has 1 aromatic heterocycles. The number of amides is 3. The minimum atomic E-state index is -4.61. The van der Waals surface area contributed by atoms with Crippen LogP contribution in [0.4, 0.5) is 11.6 Å². The number of nitrogens with one attached hydrogen (secondary N) is 3. The maximum Gasteiger partial charge on any atom is 0.328 e. The Balaban J connectivity index is 1.48. The Morgan fingerprint density at radius 3 is 2.37 bits per heavy atom. The standard InChI is InChI=1S/C30H35N6O14PS/c31-30-33-18-6-1-14(9-17(18)27(44)35-30)10-36(16-4-2-15(3-5-16)26(43)32-19(29(45)46)7-8-23(39)40)22(38)13-52-12-21(37)34-28-25(42)24(41)20(50-28)11-51(47,48)49/h1-6,9,19-20,24-25,28,41-42H,7-8,10-13H2,(H,32,43)(H,34,37)(H,39,40)(H,45,46)(H2,47,48,49)(H3,31,33,35,44)/t19-,20?,24?,25?,28+/m0/s1. The van der Waals surface area contributed by atoms with Crippen LogP contribution in [0.2, 0.25) is 0 Å². The number of aliphatic carboxylic acids is 2. The molecule has 1 aliphatic heterocycles. The van der Waals surface area contributed by atoms with Crippen molar-refractivity contribution in [2.75, 3.05) is 28.3 Å². The number of carboxylic acids is 2. The summed E-state index contributed by atoms with van der Waals surface area (Å²) in [6.07, 6.45) is -7.97. The van der Waals surface area contributed by atoms with Crippen molar-refractivity contribution in [2.45, 2.75) is 50.0 Å². The number of nitrogens with two attached hydrogens (primary N) is 1. The molecule has 3 amide bonds. The fourth-order valence-corrected chi connectivity index (χ4v) is 6.60. The first-order chi connectivity index (χ1) is 24.4. The van der Waals surface area contributed by atoms with Crippen molar-refractivity contribution in [1.29, 1.82) is 0 Å². The Bertz CT molecular complexity index is 1940. The summed E-state index contributed by atoms with van der Waals surface area (Å²) in [5.74, 6) is -5.44. The van der Waals surface area contributed by atoms with Gasteiger partial charge in [0.25, 0.3) is 11.5 Å². The van der Waals surface area contributed by atoms with Crippen molar-refractivity contribution in [3.05, 3.63) is 63.9 Å². The Hall–Kier alpha value is -4.89. The number of rotatable bonds is 16. The lowest BCUT2D eigenvalue weighted by molar-refractivity contribution is -0.140. The number of aromatic amines is 1. The fraction of sp³-hybridized carbons (Fsp3) is 0.367. The van der Waals surface area contributed by atoms with E-state index < -0.39 is 86.0 Å². The van der Waals surface area contributed by atoms with E-state index in [-0.39, 0.29) is 47.1 Å². The summed E-state index contributed by atoms with van der Waals surface area (Å²) >= 11 is 0.862. The van der Waals surface area contributed by atoms with Crippen molar-refractivity contribution in [3.63, 3.8) is 0 Å². The molecular formula is C30H35N6O14PS. The van der Waals surface area contributed by atoms with Crippen LogP contribution in [0.1, 0.15) is 28.8 Å². The minimum Gasteiger partial charge on any atom is -0.481 e. The van der Waals surface area contributed by atoms with Crippen LogP contribution in [-0.4, -0.2) is 118 Å². The topological polar surface area (TPSA) is 332 Å². The molecular weight excluding hydrogens is 731 g/mol. The molecule has 0 bridgehead atoms. The number of anilines is 2. The second-order valence-electron chi connectivity index (χ2n) is 11.6. The van der Waals surface area contributed by atoms with E-state index in [2.05, 4.69) is 20.6 Å². The van der Waals surface area contributed by atoms with E-state index in [0.717, 1.165) is 11.8 Å². The first kappa shape index (κ1) is 39.9. The number of carboxylic acid groups (broad SMARTS) is 2. The van der Waals surface area contributed by atoms with E-state index in [0.29, 0.717) is 11.1 Å². The zero-order chi connectivity index (χ0) is 38.3.